The summed E-state index contributed by atoms with van der Waals surface area (Å²) < 4.78 is 0. The molecular formula is C25H17Cl2N5O3. The summed E-state index contributed by atoms with van der Waals surface area (Å²) in [6.07, 6.45) is 6.24. The van der Waals surface area contributed by atoms with Gasteiger partial charge in [0.05, 0.1) is 21.2 Å². The molecule has 0 spiro atoms. The zero-order chi connectivity index (χ0) is 24.8. The number of rotatable bonds is 8. The van der Waals surface area contributed by atoms with Gasteiger partial charge in [-0.1, -0.05) is 23.2 Å². The topological polar surface area (TPSA) is 110 Å². The zero-order valence-electron chi connectivity index (χ0n) is 18.0. The van der Waals surface area contributed by atoms with Gasteiger partial charge in [-0.2, -0.15) is 0 Å². The van der Waals surface area contributed by atoms with E-state index in [-0.39, 0.29) is 11.5 Å². The Morgan fingerprint density at radius 2 is 1.63 bits per heavy atom. The summed E-state index contributed by atoms with van der Waals surface area (Å²) >= 11 is 12.2. The molecule has 35 heavy (non-hydrogen) atoms. The molecule has 2 aromatic heterocycles. The maximum absolute atomic E-state index is 13.0. The number of carbonyl (C=O) groups excluding carboxylic acids is 1. The zero-order valence-corrected chi connectivity index (χ0v) is 19.5. The minimum absolute atomic E-state index is 0.0309. The quantitative estimate of drug-likeness (QED) is 0.114. The number of nitro groups is 1. The number of carbonyl (C=O) groups is 1. The smallest absolute Gasteiger partial charge is 0.269 e. The highest BCUT2D eigenvalue weighted by molar-refractivity contribution is 6.36. The summed E-state index contributed by atoms with van der Waals surface area (Å²) in [4.78, 5) is 32.0. The van der Waals surface area contributed by atoms with Gasteiger partial charge in [-0.3, -0.25) is 14.9 Å². The van der Waals surface area contributed by atoms with E-state index in [1.54, 1.807) is 67.0 Å². The lowest BCUT2D eigenvalue weighted by Crippen LogP contribution is -2.03. The van der Waals surface area contributed by atoms with Crippen LogP contribution in [0.15, 0.2) is 85.2 Å². The van der Waals surface area contributed by atoms with Crippen LogP contribution in [0.1, 0.15) is 15.9 Å². The van der Waals surface area contributed by atoms with Gasteiger partial charge >= 0.3 is 0 Å². The van der Waals surface area contributed by atoms with Crippen molar-refractivity contribution in [2.75, 3.05) is 10.6 Å². The Morgan fingerprint density at radius 1 is 0.914 bits per heavy atom. The number of pyridine rings is 2. The minimum Gasteiger partial charge on any atom is -0.340 e. The van der Waals surface area contributed by atoms with Gasteiger partial charge in [0.2, 0.25) is 0 Å². The van der Waals surface area contributed by atoms with Crippen molar-refractivity contribution < 1.29 is 9.72 Å². The molecule has 174 valence electrons. The normalized spacial score (nSPS) is 10.8. The Hall–Kier alpha value is -4.27. The number of benzene rings is 2. The molecule has 2 N–H and O–H groups in total. The fraction of sp³-hybridized carbons (Fsp3) is 0. The fourth-order valence-electron chi connectivity index (χ4n) is 3.14. The summed E-state index contributed by atoms with van der Waals surface area (Å²) in [6, 6.07) is 17.8. The van der Waals surface area contributed by atoms with Crippen LogP contribution in [0.2, 0.25) is 10.0 Å². The van der Waals surface area contributed by atoms with Crippen molar-refractivity contribution in [1.29, 1.82) is 0 Å². The van der Waals surface area contributed by atoms with E-state index in [4.69, 9.17) is 23.2 Å². The molecule has 0 aliphatic rings. The van der Waals surface area contributed by atoms with E-state index in [1.165, 1.54) is 18.2 Å². The van der Waals surface area contributed by atoms with Crippen LogP contribution in [-0.2, 0) is 0 Å². The average molecular weight is 506 g/mol. The Kier molecular flexibility index (Phi) is 7.35. The largest absolute Gasteiger partial charge is 0.340 e. The molecule has 0 unspecified atom stereocenters. The second kappa shape index (κ2) is 10.8. The first-order valence-electron chi connectivity index (χ1n) is 10.3. The lowest BCUT2D eigenvalue weighted by molar-refractivity contribution is -0.384. The summed E-state index contributed by atoms with van der Waals surface area (Å²) in [5, 5.41) is 18.0. The second-order valence-corrected chi connectivity index (χ2v) is 8.06. The van der Waals surface area contributed by atoms with E-state index in [0.717, 1.165) is 0 Å². The van der Waals surface area contributed by atoms with Crippen molar-refractivity contribution in [2.24, 2.45) is 0 Å². The molecule has 4 rings (SSSR count). The van der Waals surface area contributed by atoms with Crippen LogP contribution >= 0.6 is 23.2 Å². The van der Waals surface area contributed by atoms with Crippen molar-refractivity contribution in [2.45, 2.75) is 0 Å². The third kappa shape index (κ3) is 6.00. The molecule has 4 aromatic rings. The van der Waals surface area contributed by atoms with E-state index >= 15 is 0 Å². The number of ketones is 1. The predicted octanol–water partition coefficient (Wildman–Crippen LogP) is 7.07. The van der Waals surface area contributed by atoms with Crippen LogP contribution in [0.3, 0.4) is 0 Å². The molecule has 0 fully saturated rings. The molecule has 2 aromatic carbocycles. The van der Waals surface area contributed by atoms with Gasteiger partial charge in [-0.05, 0) is 66.7 Å². The Morgan fingerprint density at radius 3 is 2.34 bits per heavy atom. The van der Waals surface area contributed by atoms with Crippen LogP contribution in [0, 0.1) is 10.1 Å². The summed E-state index contributed by atoms with van der Waals surface area (Å²) in [6.45, 7) is 0. The maximum Gasteiger partial charge on any atom is 0.269 e. The monoisotopic (exact) mass is 505 g/mol. The van der Waals surface area contributed by atoms with Gasteiger partial charge in [-0.25, -0.2) is 9.97 Å². The Balaban J connectivity index is 1.54. The number of non-ortho nitro benzene ring substituents is 1. The molecule has 0 amide bonds. The molecule has 0 aliphatic carbocycles. The van der Waals surface area contributed by atoms with Crippen LogP contribution in [0.5, 0.6) is 0 Å². The van der Waals surface area contributed by atoms with Crippen LogP contribution in [0.4, 0.5) is 28.7 Å². The van der Waals surface area contributed by atoms with Gasteiger partial charge in [0.1, 0.15) is 11.6 Å². The maximum atomic E-state index is 13.0. The molecule has 0 aliphatic heterocycles. The lowest BCUT2D eigenvalue weighted by Gasteiger charge is -2.11. The molecule has 0 radical (unpaired) electrons. The van der Waals surface area contributed by atoms with E-state index in [2.05, 4.69) is 20.6 Å². The van der Waals surface area contributed by atoms with Crippen molar-refractivity contribution in [3.05, 3.63) is 116 Å². The third-order valence-corrected chi connectivity index (χ3v) is 5.40. The van der Waals surface area contributed by atoms with Crippen molar-refractivity contribution in [1.82, 2.24) is 9.97 Å². The van der Waals surface area contributed by atoms with Gasteiger partial charge in [0.15, 0.2) is 5.78 Å². The van der Waals surface area contributed by atoms with E-state index < -0.39 is 4.92 Å². The second-order valence-electron chi connectivity index (χ2n) is 7.22. The lowest BCUT2D eigenvalue weighted by atomic mass is 10.1. The van der Waals surface area contributed by atoms with Crippen LogP contribution in [0.25, 0.3) is 6.08 Å². The van der Waals surface area contributed by atoms with Crippen molar-refractivity contribution in [3.63, 3.8) is 0 Å². The highest BCUT2D eigenvalue weighted by Gasteiger charge is 2.12. The molecule has 2 heterocycles. The first-order chi connectivity index (χ1) is 16.9. The van der Waals surface area contributed by atoms with Crippen molar-refractivity contribution >= 4 is 63.8 Å². The highest BCUT2D eigenvalue weighted by atomic mass is 35.5. The van der Waals surface area contributed by atoms with Crippen LogP contribution < -0.4 is 10.6 Å². The number of allylic oxidation sites excluding steroid dienone is 1. The fourth-order valence-corrected chi connectivity index (χ4v) is 3.59. The summed E-state index contributed by atoms with van der Waals surface area (Å²) in [5.41, 5.74) is 2.15. The summed E-state index contributed by atoms with van der Waals surface area (Å²) in [7, 11) is 0. The number of aromatic nitrogens is 2. The Bertz CT molecular complexity index is 1430. The van der Waals surface area contributed by atoms with Crippen molar-refractivity contribution in [3.8, 4) is 0 Å². The molecule has 0 atom stereocenters. The molecule has 0 saturated carbocycles. The number of nitrogens with zero attached hydrogens (tertiary/aromatic N) is 3. The molecule has 10 heteroatoms. The van der Waals surface area contributed by atoms with Crippen LogP contribution in [-0.4, -0.2) is 20.7 Å². The first-order valence-corrected chi connectivity index (χ1v) is 11.0. The highest BCUT2D eigenvalue weighted by Crippen LogP contribution is 2.29. The number of hydrogen-bond acceptors (Lipinski definition) is 7. The minimum atomic E-state index is -0.479. The third-order valence-electron chi connectivity index (χ3n) is 4.85. The number of halogens is 2. The van der Waals surface area contributed by atoms with E-state index in [0.29, 0.717) is 44.2 Å². The predicted molar refractivity (Wildman–Crippen MR) is 138 cm³/mol. The standard InChI is InChI=1S/C25H17Cl2N5O3/c26-17-6-11-22(21(27)15-17)31-24-16(3-1-13-28-24)5-12-23(33)20-4-2-14-29-25(20)30-18-7-9-19(10-8-18)32(34)35/h1-15H,(H,28,31)(H,29,30). The Labute approximate surface area is 210 Å². The number of nitrogens with one attached hydrogen (secondary N) is 2. The SMILES string of the molecule is O=C(C=Cc1cccnc1Nc1ccc(Cl)cc1Cl)c1cccnc1Nc1ccc([N+](=O)[O-])cc1. The van der Waals surface area contributed by atoms with Gasteiger partial charge in [0, 0.05) is 40.8 Å². The molecule has 8 nitrogen and oxygen atoms in total. The van der Waals surface area contributed by atoms with Gasteiger partial charge in [-0.15, -0.1) is 0 Å². The number of anilines is 4. The first kappa shape index (κ1) is 23.9. The van der Waals surface area contributed by atoms with E-state index in [9.17, 15) is 14.9 Å². The van der Waals surface area contributed by atoms with Gasteiger partial charge in [0.25, 0.3) is 5.69 Å². The number of nitro benzene ring substituents is 1. The average Bonchev–Trinajstić information content (AvgIpc) is 2.85. The number of hydrogen-bond donors (Lipinski definition) is 2. The summed E-state index contributed by atoms with van der Waals surface area (Å²) in [5.74, 6) is 0.548. The van der Waals surface area contributed by atoms with Gasteiger partial charge < -0.3 is 10.6 Å². The molecular weight excluding hydrogens is 489 g/mol. The molecule has 0 bridgehead atoms. The van der Waals surface area contributed by atoms with E-state index in [1.807, 2.05) is 6.07 Å². The molecule has 0 saturated heterocycles.